The van der Waals surface area contributed by atoms with Crippen molar-refractivity contribution in [2.75, 3.05) is 0 Å². The molecule has 1 aromatic carbocycles. The lowest BCUT2D eigenvalue weighted by Gasteiger charge is -2.22. The minimum Gasteiger partial charge on any atom is -0.460 e. The van der Waals surface area contributed by atoms with Crippen LogP contribution in [0.3, 0.4) is 0 Å². The molecule has 0 fully saturated rings. The van der Waals surface area contributed by atoms with E-state index in [1.807, 2.05) is 0 Å². The monoisotopic (exact) mass is 286 g/mol. The molecule has 1 aromatic heterocycles. The van der Waals surface area contributed by atoms with Gasteiger partial charge in [-0.25, -0.2) is 14.4 Å². The van der Waals surface area contributed by atoms with Crippen LogP contribution in [0.1, 0.15) is 17.2 Å². The van der Waals surface area contributed by atoms with Crippen molar-refractivity contribution in [3.05, 3.63) is 53.7 Å². The van der Waals surface area contributed by atoms with Crippen molar-refractivity contribution in [1.29, 1.82) is 0 Å². The summed E-state index contributed by atoms with van der Waals surface area (Å²) in [5.41, 5.74) is -0.00102. The summed E-state index contributed by atoms with van der Waals surface area (Å²) in [5, 5.41) is 0. The van der Waals surface area contributed by atoms with Crippen LogP contribution in [0, 0.1) is 12.7 Å². The molecule has 0 saturated heterocycles. The van der Waals surface area contributed by atoms with Crippen LogP contribution >= 0.6 is 0 Å². The Balaban J connectivity index is 2.38. The largest absolute Gasteiger partial charge is 0.460 e. The molecule has 0 radical (unpaired) electrons. The fourth-order valence-electron chi connectivity index (χ4n) is 1.71. The molecular weight excluding hydrogens is 276 g/mol. The molecule has 2 aromatic rings. The molecule has 20 heavy (non-hydrogen) atoms. The first-order valence-electron chi connectivity index (χ1n) is 5.63. The van der Waals surface area contributed by atoms with Gasteiger partial charge in [0.1, 0.15) is 12.1 Å². The summed E-state index contributed by atoms with van der Waals surface area (Å²) < 4.78 is 57.2. The third-order valence-electron chi connectivity index (χ3n) is 2.61. The van der Waals surface area contributed by atoms with Crippen LogP contribution in [0.4, 0.5) is 17.6 Å². The standard InChI is InChI=1S/C13H10F4N2O/c1-8-6-9(14)2-3-10(8)12(13(15,16)17)20-11-4-5-18-7-19-11/h2-7,12H,1H3. The molecule has 0 aliphatic rings. The van der Waals surface area contributed by atoms with Crippen molar-refractivity contribution in [2.45, 2.75) is 19.2 Å². The zero-order valence-corrected chi connectivity index (χ0v) is 10.4. The number of benzene rings is 1. The number of halogens is 4. The lowest BCUT2D eigenvalue weighted by atomic mass is 10.0. The molecular formula is C13H10F4N2O. The van der Waals surface area contributed by atoms with Crippen LogP contribution in [0.5, 0.6) is 5.88 Å². The summed E-state index contributed by atoms with van der Waals surface area (Å²) in [6.07, 6.45) is -4.50. The van der Waals surface area contributed by atoms with Crippen LogP contribution < -0.4 is 4.74 Å². The SMILES string of the molecule is Cc1cc(F)ccc1C(Oc1ccncn1)C(F)(F)F. The van der Waals surface area contributed by atoms with Crippen molar-refractivity contribution in [3.63, 3.8) is 0 Å². The normalized spacial score (nSPS) is 13.1. The van der Waals surface area contributed by atoms with Crippen molar-refractivity contribution >= 4 is 0 Å². The van der Waals surface area contributed by atoms with Gasteiger partial charge in [0, 0.05) is 17.8 Å². The Bertz CT molecular complexity index is 587. The van der Waals surface area contributed by atoms with Gasteiger partial charge in [0.2, 0.25) is 12.0 Å². The van der Waals surface area contributed by atoms with E-state index >= 15 is 0 Å². The van der Waals surface area contributed by atoms with Crippen LogP contribution in [-0.2, 0) is 0 Å². The van der Waals surface area contributed by atoms with E-state index in [0.717, 1.165) is 24.5 Å². The number of nitrogens with zero attached hydrogens (tertiary/aromatic N) is 2. The van der Waals surface area contributed by atoms with Gasteiger partial charge in [0.25, 0.3) is 0 Å². The number of rotatable bonds is 3. The Labute approximate surface area is 112 Å². The Morgan fingerprint density at radius 1 is 1.20 bits per heavy atom. The van der Waals surface area contributed by atoms with Crippen molar-refractivity contribution in [2.24, 2.45) is 0 Å². The number of hydrogen-bond acceptors (Lipinski definition) is 3. The van der Waals surface area contributed by atoms with Gasteiger partial charge in [-0.1, -0.05) is 6.07 Å². The Hall–Kier alpha value is -2.18. The second-order valence-corrected chi connectivity index (χ2v) is 4.09. The zero-order chi connectivity index (χ0) is 14.8. The van der Waals surface area contributed by atoms with Gasteiger partial charge in [0.05, 0.1) is 0 Å². The fourth-order valence-corrected chi connectivity index (χ4v) is 1.71. The summed E-state index contributed by atoms with van der Waals surface area (Å²) >= 11 is 0. The number of hydrogen-bond donors (Lipinski definition) is 0. The van der Waals surface area contributed by atoms with E-state index in [2.05, 4.69) is 9.97 Å². The maximum atomic E-state index is 13.1. The lowest BCUT2D eigenvalue weighted by molar-refractivity contribution is -0.198. The molecule has 0 amide bonds. The van der Waals surface area contributed by atoms with Gasteiger partial charge < -0.3 is 4.74 Å². The topological polar surface area (TPSA) is 35.0 Å². The molecule has 1 unspecified atom stereocenters. The Morgan fingerprint density at radius 3 is 2.50 bits per heavy atom. The highest BCUT2D eigenvalue weighted by molar-refractivity contribution is 5.30. The molecule has 0 aliphatic heterocycles. The van der Waals surface area contributed by atoms with Crippen LogP contribution in [0.15, 0.2) is 36.8 Å². The highest BCUT2D eigenvalue weighted by atomic mass is 19.4. The van der Waals surface area contributed by atoms with E-state index in [0.29, 0.717) is 0 Å². The summed E-state index contributed by atoms with van der Waals surface area (Å²) in [7, 11) is 0. The maximum Gasteiger partial charge on any atom is 0.429 e. The Kier molecular flexibility index (Phi) is 3.87. The second-order valence-electron chi connectivity index (χ2n) is 4.09. The highest BCUT2D eigenvalue weighted by Crippen LogP contribution is 2.37. The highest BCUT2D eigenvalue weighted by Gasteiger charge is 2.44. The van der Waals surface area contributed by atoms with Gasteiger partial charge in [0.15, 0.2) is 0 Å². The first-order chi connectivity index (χ1) is 9.38. The molecule has 106 valence electrons. The minimum atomic E-state index is -4.65. The van der Waals surface area contributed by atoms with E-state index in [1.165, 1.54) is 19.2 Å². The number of aryl methyl sites for hydroxylation is 1. The predicted molar refractivity (Wildman–Crippen MR) is 62.6 cm³/mol. The quantitative estimate of drug-likeness (QED) is 0.808. The van der Waals surface area contributed by atoms with Gasteiger partial charge in [-0.15, -0.1) is 0 Å². The smallest absolute Gasteiger partial charge is 0.429 e. The molecule has 0 aliphatic carbocycles. The van der Waals surface area contributed by atoms with E-state index in [-0.39, 0.29) is 17.0 Å². The number of aromatic nitrogens is 2. The average Bonchev–Trinajstić information content (AvgIpc) is 2.37. The lowest BCUT2D eigenvalue weighted by Crippen LogP contribution is -2.27. The third kappa shape index (κ3) is 3.23. The zero-order valence-electron chi connectivity index (χ0n) is 10.4. The van der Waals surface area contributed by atoms with Crippen LogP contribution in [0.25, 0.3) is 0 Å². The molecule has 0 saturated carbocycles. The van der Waals surface area contributed by atoms with Crippen LogP contribution in [-0.4, -0.2) is 16.1 Å². The number of ether oxygens (including phenoxy) is 1. The average molecular weight is 286 g/mol. The Morgan fingerprint density at radius 2 is 1.95 bits per heavy atom. The summed E-state index contributed by atoms with van der Waals surface area (Å²) in [5.74, 6) is -0.805. The molecule has 2 rings (SSSR count). The summed E-state index contributed by atoms with van der Waals surface area (Å²) in [6.45, 7) is 1.39. The number of alkyl halides is 3. The molecule has 1 heterocycles. The van der Waals surface area contributed by atoms with E-state index in [1.54, 1.807) is 0 Å². The molecule has 0 N–H and O–H groups in total. The van der Waals surface area contributed by atoms with E-state index < -0.39 is 18.1 Å². The van der Waals surface area contributed by atoms with Gasteiger partial charge in [-0.2, -0.15) is 13.2 Å². The van der Waals surface area contributed by atoms with Gasteiger partial charge in [-0.05, 0) is 24.6 Å². The van der Waals surface area contributed by atoms with Crippen molar-refractivity contribution in [3.8, 4) is 5.88 Å². The molecule has 0 bridgehead atoms. The third-order valence-corrected chi connectivity index (χ3v) is 2.61. The fraction of sp³-hybridized carbons (Fsp3) is 0.231. The summed E-state index contributed by atoms with van der Waals surface area (Å²) in [4.78, 5) is 7.19. The maximum absolute atomic E-state index is 13.1. The first kappa shape index (κ1) is 14.2. The summed E-state index contributed by atoms with van der Waals surface area (Å²) in [6, 6.07) is 4.27. The predicted octanol–water partition coefficient (Wildman–Crippen LogP) is 3.61. The van der Waals surface area contributed by atoms with Gasteiger partial charge >= 0.3 is 6.18 Å². The van der Waals surface area contributed by atoms with E-state index in [4.69, 9.17) is 4.74 Å². The second kappa shape index (κ2) is 5.44. The van der Waals surface area contributed by atoms with Crippen molar-refractivity contribution < 1.29 is 22.3 Å². The first-order valence-corrected chi connectivity index (χ1v) is 5.63. The molecule has 3 nitrogen and oxygen atoms in total. The van der Waals surface area contributed by atoms with E-state index in [9.17, 15) is 17.6 Å². The van der Waals surface area contributed by atoms with Gasteiger partial charge in [-0.3, -0.25) is 0 Å². The molecule has 1 atom stereocenters. The van der Waals surface area contributed by atoms with Crippen molar-refractivity contribution in [1.82, 2.24) is 9.97 Å². The minimum absolute atomic E-state index is 0.154. The molecule has 7 heteroatoms. The van der Waals surface area contributed by atoms with Crippen LogP contribution in [0.2, 0.25) is 0 Å². The molecule has 0 spiro atoms.